The molecule has 0 N–H and O–H groups in total. The van der Waals surface area contributed by atoms with Crippen molar-refractivity contribution in [3.8, 4) is 0 Å². The van der Waals surface area contributed by atoms with Crippen molar-refractivity contribution in [3.05, 3.63) is 58.9 Å². The second kappa shape index (κ2) is 5.41. The SMILES string of the molecule is Cc1cc(/C=C/C(=O)N2CCc3ccccc32)c(C)n1C1CC1. The topological polar surface area (TPSA) is 25.2 Å². The zero-order valence-electron chi connectivity index (χ0n) is 13.7. The largest absolute Gasteiger partial charge is 0.346 e. The molecule has 1 aromatic carbocycles. The van der Waals surface area contributed by atoms with Crippen LogP contribution < -0.4 is 4.90 Å². The molecule has 1 fully saturated rings. The highest BCUT2D eigenvalue weighted by molar-refractivity contribution is 6.05. The molecule has 0 radical (unpaired) electrons. The van der Waals surface area contributed by atoms with Gasteiger partial charge >= 0.3 is 0 Å². The number of para-hydroxylation sites is 1. The van der Waals surface area contributed by atoms with Crippen molar-refractivity contribution in [3.63, 3.8) is 0 Å². The van der Waals surface area contributed by atoms with Crippen LogP contribution in [-0.2, 0) is 11.2 Å². The fraction of sp³-hybridized carbons (Fsp3) is 0.350. The fourth-order valence-electron chi connectivity index (χ4n) is 3.68. The Labute approximate surface area is 137 Å². The second-order valence-corrected chi connectivity index (χ2v) is 6.63. The molecule has 0 saturated heterocycles. The van der Waals surface area contributed by atoms with Crippen LogP contribution in [0.1, 0.15) is 41.4 Å². The van der Waals surface area contributed by atoms with Crippen LogP contribution in [0.3, 0.4) is 0 Å². The lowest BCUT2D eigenvalue weighted by atomic mass is 10.2. The number of hydrogen-bond donors (Lipinski definition) is 0. The summed E-state index contributed by atoms with van der Waals surface area (Å²) in [6.45, 7) is 5.09. The summed E-state index contributed by atoms with van der Waals surface area (Å²) in [6.07, 6.45) is 7.21. The highest BCUT2D eigenvalue weighted by Crippen LogP contribution is 2.38. The van der Waals surface area contributed by atoms with E-state index in [0.29, 0.717) is 6.04 Å². The average molecular weight is 306 g/mol. The first-order valence-corrected chi connectivity index (χ1v) is 8.41. The van der Waals surface area contributed by atoms with Gasteiger partial charge < -0.3 is 9.47 Å². The molecular weight excluding hydrogens is 284 g/mol. The van der Waals surface area contributed by atoms with Gasteiger partial charge in [0.25, 0.3) is 5.91 Å². The fourth-order valence-corrected chi connectivity index (χ4v) is 3.68. The molecule has 1 amide bonds. The Kier molecular flexibility index (Phi) is 3.37. The van der Waals surface area contributed by atoms with E-state index < -0.39 is 0 Å². The number of aryl methyl sites for hydroxylation is 1. The van der Waals surface area contributed by atoms with Crippen LogP contribution in [0, 0.1) is 13.8 Å². The lowest BCUT2D eigenvalue weighted by Gasteiger charge is -2.14. The Balaban J connectivity index is 1.56. The molecular formula is C20H22N2O. The maximum atomic E-state index is 12.6. The maximum absolute atomic E-state index is 12.6. The Morgan fingerprint density at radius 1 is 1.22 bits per heavy atom. The van der Waals surface area contributed by atoms with Crippen LogP contribution >= 0.6 is 0 Å². The molecule has 1 aromatic heterocycles. The van der Waals surface area contributed by atoms with Crippen molar-refractivity contribution in [2.24, 2.45) is 0 Å². The number of aromatic nitrogens is 1. The summed E-state index contributed by atoms with van der Waals surface area (Å²) in [4.78, 5) is 14.4. The van der Waals surface area contributed by atoms with E-state index in [1.54, 1.807) is 6.08 Å². The summed E-state index contributed by atoms with van der Waals surface area (Å²) in [6, 6.07) is 11.0. The number of rotatable bonds is 3. The van der Waals surface area contributed by atoms with E-state index >= 15 is 0 Å². The number of carbonyl (C=O) groups excluding carboxylic acids is 1. The molecule has 118 valence electrons. The van der Waals surface area contributed by atoms with E-state index in [4.69, 9.17) is 0 Å². The van der Waals surface area contributed by atoms with E-state index in [2.05, 4.69) is 30.5 Å². The predicted molar refractivity (Wildman–Crippen MR) is 93.7 cm³/mol. The zero-order chi connectivity index (χ0) is 16.0. The monoisotopic (exact) mass is 306 g/mol. The van der Waals surface area contributed by atoms with Gasteiger partial charge in [0, 0.05) is 35.7 Å². The molecule has 1 aliphatic carbocycles. The normalized spacial score (nSPS) is 17.0. The second-order valence-electron chi connectivity index (χ2n) is 6.63. The van der Waals surface area contributed by atoms with Crippen molar-refractivity contribution in [2.45, 2.75) is 39.2 Å². The van der Waals surface area contributed by atoms with E-state index in [9.17, 15) is 4.79 Å². The molecule has 4 rings (SSSR count). The zero-order valence-corrected chi connectivity index (χ0v) is 13.7. The van der Waals surface area contributed by atoms with Crippen molar-refractivity contribution >= 4 is 17.7 Å². The Bertz CT molecular complexity index is 796. The first-order valence-electron chi connectivity index (χ1n) is 8.41. The standard InChI is InChI=1S/C20H22N2O/c1-14-13-17(15(2)22(14)18-8-9-18)7-10-20(23)21-12-11-16-5-3-4-6-19(16)21/h3-7,10,13,18H,8-9,11-12H2,1-2H3/b10-7+. The molecule has 2 aromatic rings. The van der Waals surface area contributed by atoms with Gasteiger partial charge in [-0.3, -0.25) is 4.79 Å². The molecule has 2 heterocycles. The lowest BCUT2D eigenvalue weighted by Crippen LogP contribution is -2.26. The van der Waals surface area contributed by atoms with Gasteiger partial charge in [0.05, 0.1) is 0 Å². The highest BCUT2D eigenvalue weighted by Gasteiger charge is 2.27. The number of anilines is 1. The third kappa shape index (κ3) is 2.50. The summed E-state index contributed by atoms with van der Waals surface area (Å²) in [5.41, 5.74) is 6.06. The van der Waals surface area contributed by atoms with Gasteiger partial charge in [-0.25, -0.2) is 0 Å². The number of amides is 1. The van der Waals surface area contributed by atoms with E-state index in [0.717, 1.165) is 24.2 Å². The summed E-state index contributed by atoms with van der Waals surface area (Å²) in [5, 5.41) is 0. The van der Waals surface area contributed by atoms with Crippen LogP contribution in [0.25, 0.3) is 6.08 Å². The van der Waals surface area contributed by atoms with Crippen LogP contribution in [0.15, 0.2) is 36.4 Å². The molecule has 1 saturated carbocycles. The predicted octanol–water partition coefficient (Wildman–Crippen LogP) is 4.04. The number of benzene rings is 1. The van der Waals surface area contributed by atoms with Crippen LogP contribution in [-0.4, -0.2) is 17.0 Å². The minimum atomic E-state index is 0.0752. The molecule has 0 spiro atoms. The Hall–Kier alpha value is -2.29. The minimum Gasteiger partial charge on any atom is -0.346 e. The Morgan fingerprint density at radius 3 is 2.78 bits per heavy atom. The van der Waals surface area contributed by atoms with Gasteiger partial charge in [0.1, 0.15) is 0 Å². The van der Waals surface area contributed by atoms with Gasteiger partial charge in [0.15, 0.2) is 0 Å². The molecule has 23 heavy (non-hydrogen) atoms. The summed E-state index contributed by atoms with van der Waals surface area (Å²) >= 11 is 0. The smallest absolute Gasteiger partial charge is 0.251 e. The number of fused-ring (bicyclic) bond motifs is 1. The molecule has 3 nitrogen and oxygen atoms in total. The highest BCUT2D eigenvalue weighted by atomic mass is 16.2. The van der Waals surface area contributed by atoms with Crippen LogP contribution in [0.4, 0.5) is 5.69 Å². The summed E-state index contributed by atoms with van der Waals surface area (Å²) in [7, 11) is 0. The molecule has 1 aliphatic heterocycles. The first kappa shape index (κ1) is 14.3. The molecule has 2 aliphatic rings. The van der Waals surface area contributed by atoms with Gasteiger partial charge in [0.2, 0.25) is 0 Å². The Morgan fingerprint density at radius 2 is 2.00 bits per heavy atom. The average Bonchev–Trinajstić information content (AvgIpc) is 3.21. The van der Waals surface area contributed by atoms with E-state index in [-0.39, 0.29) is 5.91 Å². The summed E-state index contributed by atoms with van der Waals surface area (Å²) in [5.74, 6) is 0.0752. The molecule has 0 bridgehead atoms. The van der Waals surface area contributed by atoms with Crippen molar-refractivity contribution in [2.75, 3.05) is 11.4 Å². The maximum Gasteiger partial charge on any atom is 0.251 e. The first-order chi connectivity index (χ1) is 11.1. The third-order valence-corrected chi connectivity index (χ3v) is 4.99. The van der Waals surface area contributed by atoms with Gasteiger partial charge in [-0.05, 0) is 62.4 Å². The molecule has 0 unspecified atom stereocenters. The van der Waals surface area contributed by atoms with E-state index in [1.807, 2.05) is 29.2 Å². The van der Waals surface area contributed by atoms with Crippen molar-refractivity contribution in [1.82, 2.24) is 4.57 Å². The minimum absolute atomic E-state index is 0.0752. The third-order valence-electron chi connectivity index (χ3n) is 4.99. The number of carbonyl (C=O) groups is 1. The van der Waals surface area contributed by atoms with Gasteiger partial charge in [-0.1, -0.05) is 18.2 Å². The van der Waals surface area contributed by atoms with Gasteiger partial charge in [-0.2, -0.15) is 0 Å². The molecule has 3 heteroatoms. The molecule has 0 atom stereocenters. The van der Waals surface area contributed by atoms with Gasteiger partial charge in [-0.15, -0.1) is 0 Å². The lowest BCUT2D eigenvalue weighted by molar-refractivity contribution is -0.114. The van der Waals surface area contributed by atoms with Crippen LogP contribution in [0.2, 0.25) is 0 Å². The summed E-state index contributed by atoms with van der Waals surface area (Å²) < 4.78 is 2.41. The quantitative estimate of drug-likeness (QED) is 0.786. The number of nitrogens with zero attached hydrogens (tertiary/aromatic N) is 2. The van der Waals surface area contributed by atoms with Crippen molar-refractivity contribution < 1.29 is 4.79 Å². The van der Waals surface area contributed by atoms with Crippen LogP contribution in [0.5, 0.6) is 0 Å². The van der Waals surface area contributed by atoms with Crippen molar-refractivity contribution in [1.29, 1.82) is 0 Å². The van der Waals surface area contributed by atoms with E-state index in [1.165, 1.54) is 29.8 Å². The number of hydrogen-bond acceptors (Lipinski definition) is 1.